The van der Waals surface area contributed by atoms with Crippen LogP contribution in [0.1, 0.15) is 48.3 Å². The number of thiazole rings is 1. The molecule has 1 heterocycles. The van der Waals surface area contributed by atoms with E-state index in [9.17, 15) is 0 Å². The summed E-state index contributed by atoms with van der Waals surface area (Å²) in [5.74, 6) is 0. The van der Waals surface area contributed by atoms with Gasteiger partial charge < -0.3 is 5.32 Å². The molecule has 1 unspecified atom stereocenters. The maximum absolute atomic E-state index is 9.13. The van der Waals surface area contributed by atoms with Crippen LogP contribution >= 0.6 is 11.3 Å². The Morgan fingerprint density at radius 2 is 2.31 bits per heavy atom. The van der Waals surface area contributed by atoms with Crippen molar-refractivity contribution in [1.29, 1.82) is 5.26 Å². The van der Waals surface area contributed by atoms with Gasteiger partial charge >= 0.3 is 0 Å². The maximum Gasteiger partial charge on any atom is 0.113 e. The fraction of sp³-hybridized carbons (Fsp3) is 0.667. The Balaban J connectivity index is 2.40. The summed E-state index contributed by atoms with van der Waals surface area (Å²) in [6.07, 6.45) is 3.43. The molecule has 4 heteroatoms. The summed E-state index contributed by atoms with van der Waals surface area (Å²) in [6.45, 7) is 3.87. The van der Waals surface area contributed by atoms with Gasteiger partial charge in [0, 0.05) is 10.9 Å². The molecular formula is C12H17N3S. The molecule has 86 valence electrons. The average molecular weight is 235 g/mol. The van der Waals surface area contributed by atoms with E-state index in [0.717, 1.165) is 11.4 Å². The molecule has 1 aromatic rings. The largest absolute Gasteiger partial charge is 0.312 e. The lowest BCUT2D eigenvalue weighted by atomic mass is 9.96. The molecular weight excluding hydrogens is 218 g/mol. The van der Waals surface area contributed by atoms with Gasteiger partial charge in [0.2, 0.25) is 0 Å². The number of rotatable bonds is 2. The Morgan fingerprint density at radius 1 is 1.56 bits per heavy atom. The van der Waals surface area contributed by atoms with Gasteiger partial charge in [-0.3, -0.25) is 0 Å². The van der Waals surface area contributed by atoms with E-state index in [-0.39, 0.29) is 0 Å². The van der Waals surface area contributed by atoms with Gasteiger partial charge in [0.05, 0.1) is 11.8 Å². The van der Waals surface area contributed by atoms with Gasteiger partial charge in [-0.1, -0.05) is 0 Å². The summed E-state index contributed by atoms with van der Waals surface area (Å²) in [6, 6.07) is 2.76. The first-order chi connectivity index (χ1) is 7.58. The fourth-order valence-electron chi connectivity index (χ4n) is 2.01. The third kappa shape index (κ3) is 1.85. The zero-order valence-electron chi connectivity index (χ0n) is 10.0. The molecule has 1 aliphatic carbocycles. The molecule has 0 aliphatic heterocycles. The highest BCUT2D eigenvalue weighted by atomic mass is 32.1. The van der Waals surface area contributed by atoms with Crippen molar-refractivity contribution in [2.75, 3.05) is 7.05 Å². The minimum atomic E-state index is -0.458. The molecule has 0 saturated carbocycles. The van der Waals surface area contributed by atoms with Crippen LogP contribution in [0.3, 0.4) is 0 Å². The first-order valence-electron chi connectivity index (χ1n) is 5.67. The van der Waals surface area contributed by atoms with Crippen LogP contribution in [-0.4, -0.2) is 12.0 Å². The lowest BCUT2D eigenvalue weighted by molar-refractivity contribution is 0.500. The van der Waals surface area contributed by atoms with Crippen molar-refractivity contribution < 1.29 is 0 Å². The Kier molecular flexibility index (Phi) is 3.00. The molecule has 3 nitrogen and oxygen atoms in total. The van der Waals surface area contributed by atoms with E-state index in [1.54, 1.807) is 11.3 Å². The quantitative estimate of drug-likeness (QED) is 0.857. The molecule has 1 aliphatic rings. The van der Waals surface area contributed by atoms with E-state index in [0.29, 0.717) is 6.04 Å². The summed E-state index contributed by atoms with van der Waals surface area (Å²) in [5.41, 5.74) is 0.745. The lowest BCUT2D eigenvalue weighted by Crippen LogP contribution is -2.19. The SMILES string of the molecule is CNC1CCCc2nc(C(C)(C)C#N)sc21. The summed E-state index contributed by atoms with van der Waals surface area (Å²) in [7, 11) is 1.99. The third-order valence-electron chi connectivity index (χ3n) is 3.11. The van der Waals surface area contributed by atoms with E-state index in [1.165, 1.54) is 23.4 Å². The molecule has 16 heavy (non-hydrogen) atoms. The molecule has 2 rings (SSSR count). The van der Waals surface area contributed by atoms with E-state index in [1.807, 2.05) is 20.9 Å². The van der Waals surface area contributed by atoms with Crippen molar-refractivity contribution in [3.63, 3.8) is 0 Å². The zero-order valence-corrected chi connectivity index (χ0v) is 10.8. The Bertz CT molecular complexity index is 428. The monoisotopic (exact) mass is 235 g/mol. The van der Waals surface area contributed by atoms with Gasteiger partial charge in [-0.2, -0.15) is 5.26 Å². The van der Waals surface area contributed by atoms with Gasteiger partial charge in [0.15, 0.2) is 0 Å². The number of fused-ring (bicyclic) bond motifs is 1. The predicted octanol–water partition coefficient (Wildman–Crippen LogP) is 2.54. The molecule has 1 aromatic heterocycles. The average Bonchev–Trinajstić information content (AvgIpc) is 2.73. The highest BCUT2D eigenvalue weighted by Gasteiger charge is 2.29. The van der Waals surface area contributed by atoms with Crippen molar-refractivity contribution in [3.8, 4) is 6.07 Å². The van der Waals surface area contributed by atoms with E-state index in [4.69, 9.17) is 5.26 Å². The van der Waals surface area contributed by atoms with Gasteiger partial charge in [-0.15, -0.1) is 11.3 Å². The molecule has 0 aromatic carbocycles. The lowest BCUT2D eigenvalue weighted by Gasteiger charge is -2.20. The summed E-state index contributed by atoms with van der Waals surface area (Å²) < 4.78 is 0. The fourth-order valence-corrected chi connectivity index (χ4v) is 3.32. The highest BCUT2D eigenvalue weighted by molar-refractivity contribution is 7.12. The van der Waals surface area contributed by atoms with Crippen molar-refractivity contribution in [3.05, 3.63) is 15.6 Å². The summed E-state index contributed by atoms with van der Waals surface area (Å²) in [4.78, 5) is 5.99. The Labute approximate surface area is 101 Å². The normalized spacial score (nSPS) is 20.2. The number of hydrogen-bond donors (Lipinski definition) is 1. The molecule has 0 fully saturated rings. The smallest absolute Gasteiger partial charge is 0.113 e. The van der Waals surface area contributed by atoms with Gasteiger partial charge in [-0.25, -0.2) is 4.98 Å². The van der Waals surface area contributed by atoms with Crippen LogP contribution in [-0.2, 0) is 11.8 Å². The van der Waals surface area contributed by atoms with Gasteiger partial charge in [0.1, 0.15) is 10.4 Å². The summed E-state index contributed by atoms with van der Waals surface area (Å²) in [5, 5.41) is 13.4. The second kappa shape index (κ2) is 4.15. The molecule has 0 radical (unpaired) electrons. The van der Waals surface area contributed by atoms with Crippen LogP contribution in [0.4, 0.5) is 0 Å². The topological polar surface area (TPSA) is 48.7 Å². The zero-order chi connectivity index (χ0) is 11.8. The van der Waals surface area contributed by atoms with Gasteiger partial charge in [-0.05, 0) is 40.2 Å². The van der Waals surface area contributed by atoms with E-state index >= 15 is 0 Å². The second-order valence-electron chi connectivity index (χ2n) is 4.80. The first kappa shape index (κ1) is 11.6. The molecule has 0 amide bonds. The number of aromatic nitrogens is 1. The highest BCUT2D eigenvalue weighted by Crippen LogP contribution is 2.37. The number of nitrogens with one attached hydrogen (secondary N) is 1. The van der Waals surface area contributed by atoms with Crippen molar-refractivity contribution in [1.82, 2.24) is 10.3 Å². The van der Waals surface area contributed by atoms with E-state index < -0.39 is 5.41 Å². The number of hydrogen-bond acceptors (Lipinski definition) is 4. The van der Waals surface area contributed by atoms with Crippen molar-refractivity contribution in [2.45, 2.75) is 44.6 Å². The van der Waals surface area contributed by atoms with Crippen LogP contribution < -0.4 is 5.32 Å². The standard InChI is InChI=1S/C12H17N3S/c1-12(2,7-13)11-15-9-6-4-5-8(14-3)10(9)16-11/h8,14H,4-6H2,1-3H3. The maximum atomic E-state index is 9.13. The van der Waals surface area contributed by atoms with Crippen molar-refractivity contribution >= 4 is 11.3 Å². The number of aryl methyl sites for hydroxylation is 1. The van der Waals surface area contributed by atoms with Crippen LogP contribution in [0.2, 0.25) is 0 Å². The molecule has 0 saturated heterocycles. The van der Waals surface area contributed by atoms with Crippen LogP contribution in [0.25, 0.3) is 0 Å². The number of nitriles is 1. The van der Waals surface area contributed by atoms with E-state index in [2.05, 4.69) is 16.4 Å². The Morgan fingerprint density at radius 3 is 2.94 bits per heavy atom. The minimum Gasteiger partial charge on any atom is -0.312 e. The minimum absolute atomic E-state index is 0.435. The van der Waals surface area contributed by atoms with Gasteiger partial charge in [0.25, 0.3) is 0 Å². The summed E-state index contributed by atoms with van der Waals surface area (Å²) >= 11 is 1.70. The van der Waals surface area contributed by atoms with Crippen LogP contribution in [0.5, 0.6) is 0 Å². The van der Waals surface area contributed by atoms with Crippen LogP contribution in [0, 0.1) is 11.3 Å². The second-order valence-corrected chi connectivity index (χ2v) is 5.83. The first-order valence-corrected chi connectivity index (χ1v) is 6.48. The molecule has 1 atom stereocenters. The third-order valence-corrected chi connectivity index (χ3v) is 4.65. The Hall–Kier alpha value is -0.920. The predicted molar refractivity (Wildman–Crippen MR) is 65.5 cm³/mol. The molecule has 0 spiro atoms. The van der Waals surface area contributed by atoms with Crippen LogP contribution in [0.15, 0.2) is 0 Å². The van der Waals surface area contributed by atoms with Crippen molar-refractivity contribution in [2.24, 2.45) is 0 Å². The molecule has 0 bridgehead atoms. The molecule has 1 N–H and O–H groups in total. The number of nitrogens with zero attached hydrogens (tertiary/aromatic N) is 2.